The van der Waals surface area contributed by atoms with E-state index in [1.807, 2.05) is 0 Å². The second-order valence-electron chi connectivity index (χ2n) is 8.35. The molecular weight excluding hydrogens is 435 g/mol. The second kappa shape index (κ2) is 8.17. The number of ether oxygens (including phenoxy) is 1. The molecule has 1 fully saturated rings. The molecule has 2 aliphatic carbocycles. The Balaban J connectivity index is 1.42. The number of carbonyl (C=O) groups is 1. The molecule has 2 aromatic heterocycles. The number of carbonyl (C=O) groups excluding carboxylic acids is 1. The lowest BCUT2D eigenvalue weighted by Crippen LogP contribution is -2.26. The maximum Gasteiger partial charge on any atom is 0.435 e. The normalized spacial score (nSPS) is 15.8. The molecule has 5 rings (SSSR count). The van der Waals surface area contributed by atoms with E-state index < -0.39 is 11.9 Å². The van der Waals surface area contributed by atoms with E-state index >= 15 is 0 Å². The van der Waals surface area contributed by atoms with Crippen molar-refractivity contribution in [2.45, 2.75) is 50.8 Å². The molecular formula is C23H22F3N5O2. The minimum atomic E-state index is -4.52. The lowest BCUT2D eigenvalue weighted by Gasteiger charge is -2.18. The van der Waals surface area contributed by atoms with Crippen LogP contribution >= 0.6 is 0 Å². The first kappa shape index (κ1) is 21.4. The van der Waals surface area contributed by atoms with Gasteiger partial charge in [0.05, 0.1) is 23.8 Å². The fraction of sp³-hybridized carbons (Fsp3) is 0.391. The highest BCUT2D eigenvalue weighted by Crippen LogP contribution is 2.37. The summed E-state index contributed by atoms with van der Waals surface area (Å²) in [6, 6.07) is 6.75. The van der Waals surface area contributed by atoms with Gasteiger partial charge in [-0.3, -0.25) is 4.79 Å². The van der Waals surface area contributed by atoms with Crippen LogP contribution < -0.4 is 9.64 Å². The van der Waals surface area contributed by atoms with Crippen molar-refractivity contribution in [1.82, 2.24) is 19.7 Å². The molecule has 1 saturated carbocycles. The van der Waals surface area contributed by atoms with Gasteiger partial charge in [-0.25, -0.2) is 14.6 Å². The summed E-state index contributed by atoms with van der Waals surface area (Å²) in [5, 5.41) is 3.91. The van der Waals surface area contributed by atoms with Gasteiger partial charge in [0.1, 0.15) is 6.10 Å². The quantitative estimate of drug-likeness (QED) is 0.569. The van der Waals surface area contributed by atoms with Crippen LogP contribution in [0.5, 0.6) is 6.01 Å². The number of aromatic nitrogens is 4. The molecule has 0 unspecified atom stereocenters. The largest absolute Gasteiger partial charge is 0.460 e. The average molecular weight is 457 g/mol. The second-order valence-corrected chi connectivity index (χ2v) is 8.35. The summed E-state index contributed by atoms with van der Waals surface area (Å²) in [4.78, 5) is 22.8. The van der Waals surface area contributed by atoms with Crippen LogP contribution in [-0.2, 0) is 19.0 Å². The van der Waals surface area contributed by atoms with Gasteiger partial charge >= 0.3 is 12.2 Å². The van der Waals surface area contributed by atoms with Crippen LogP contribution in [0.2, 0.25) is 0 Å². The molecule has 0 aliphatic heterocycles. The Morgan fingerprint density at radius 3 is 2.58 bits per heavy atom. The number of hydrogen-bond donors (Lipinski definition) is 0. The molecule has 1 aromatic carbocycles. The summed E-state index contributed by atoms with van der Waals surface area (Å²) in [7, 11) is 1.59. The monoisotopic (exact) mass is 457 g/mol. The smallest absolute Gasteiger partial charge is 0.435 e. The van der Waals surface area contributed by atoms with Gasteiger partial charge in [-0.15, -0.1) is 0 Å². The van der Waals surface area contributed by atoms with Crippen molar-refractivity contribution in [2.75, 3.05) is 11.9 Å². The number of benzene rings is 1. The average Bonchev–Trinajstić information content (AvgIpc) is 3.54. The van der Waals surface area contributed by atoms with Gasteiger partial charge in [0, 0.05) is 23.9 Å². The van der Waals surface area contributed by atoms with Crippen molar-refractivity contribution < 1.29 is 22.7 Å². The molecule has 0 radical (unpaired) electrons. The Morgan fingerprint density at radius 2 is 1.88 bits per heavy atom. The van der Waals surface area contributed by atoms with Crippen LogP contribution in [0.1, 0.15) is 53.0 Å². The Morgan fingerprint density at radius 1 is 1.15 bits per heavy atom. The van der Waals surface area contributed by atoms with Gasteiger partial charge in [0.25, 0.3) is 5.91 Å². The fourth-order valence-corrected chi connectivity index (χ4v) is 4.00. The van der Waals surface area contributed by atoms with E-state index in [0.29, 0.717) is 41.9 Å². The molecule has 0 bridgehead atoms. The highest BCUT2D eigenvalue weighted by molar-refractivity contribution is 6.05. The minimum Gasteiger partial charge on any atom is -0.460 e. The molecule has 10 heteroatoms. The number of amides is 1. The van der Waals surface area contributed by atoms with Crippen LogP contribution in [0.15, 0.2) is 36.7 Å². The molecule has 33 heavy (non-hydrogen) atoms. The maximum absolute atomic E-state index is 13.6. The summed E-state index contributed by atoms with van der Waals surface area (Å²) in [5.41, 5.74) is 1.20. The molecule has 2 heterocycles. The third-order valence-corrected chi connectivity index (χ3v) is 5.89. The van der Waals surface area contributed by atoms with Crippen molar-refractivity contribution >= 4 is 11.6 Å². The fourth-order valence-electron chi connectivity index (χ4n) is 4.00. The van der Waals surface area contributed by atoms with Gasteiger partial charge in [-0.05, 0) is 56.7 Å². The van der Waals surface area contributed by atoms with Crippen LogP contribution in [0, 0.1) is 0 Å². The van der Waals surface area contributed by atoms with Crippen LogP contribution in [0.4, 0.5) is 18.9 Å². The summed E-state index contributed by atoms with van der Waals surface area (Å²) < 4.78 is 47.5. The lowest BCUT2D eigenvalue weighted by molar-refractivity contribution is -0.142. The SMILES string of the molecule is CN(C(=O)c1cccc(-n2nc(C(F)(F)F)c3c2CCCC3)c1)c1cnc(OC2CC2)nc1. The molecule has 3 aromatic rings. The van der Waals surface area contributed by atoms with Crippen molar-refractivity contribution in [2.24, 2.45) is 0 Å². The highest BCUT2D eigenvalue weighted by atomic mass is 19.4. The molecule has 1 amide bonds. The van der Waals surface area contributed by atoms with E-state index in [-0.39, 0.29) is 23.6 Å². The van der Waals surface area contributed by atoms with E-state index in [0.717, 1.165) is 19.3 Å². The van der Waals surface area contributed by atoms with Gasteiger partial charge in [-0.2, -0.15) is 18.3 Å². The number of rotatable bonds is 5. The predicted octanol–water partition coefficient (Wildman–Crippen LogP) is 4.38. The van der Waals surface area contributed by atoms with Crippen molar-refractivity contribution in [3.8, 4) is 11.7 Å². The molecule has 2 aliphatic rings. The topological polar surface area (TPSA) is 73.1 Å². The molecule has 172 valence electrons. The Bertz CT molecular complexity index is 1190. The maximum atomic E-state index is 13.6. The minimum absolute atomic E-state index is 0.170. The first-order valence-electron chi connectivity index (χ1n) is 10.9. The van der Waals surface area contributed by atoms with Gasteiger partial charge in [0.2, 0.25) is 0 Å². The first-order valence-corrected chi connectivity index (χ1v) is 10.9. The predicted molar refractivity (Wildman–Crippen MR) is 114 cm³/mol. The van der Waals surface area contributed by atoms with Gasteiger partial charge in [-0.1, -0.05) is 6.07 Å². The van der Waals surface area contributed by atoms with E-state index in [4.69, 9.17) is 4.74 Å². The number of anilines is 1. The molecule has 7 nitrogen and oxygen atoms in total. The lowest BCUT2D eigenvalue weighted by atomic mass is 9.95. The summed E-state index contributed by atoms with van der Waals surface area (Å²) in [6.07, 6.45) is 3.02. The van der Waals surface area contributed by atoms with Gasteiger partial charge in [0.15, 0.2) is 5.69 Å². The zero-order chi connectivity index (χ0) is 23.2. The number of hydrogen-bond acceptors (Lipinski definition) is 5. The molecule has 0 spiro atoms. The van der Waals surface area contributed by atoms with Crippen LogP contribution in [-0.4, -0.2) is 38.8 Å². The molecule has 0 saturated heterocycles. The zero-order valence-electron chi connectivity index (χ0n) is 18.0. The number of nitrogens with zero attached hydrogens (tertiary/aromatic N) is 5. The van der Waals surface area contributed by atoms with Crippen molar-refractivity contribution in [3.05, 3.63) is 59.2 Å². The third-order valence-electron chi connectivity index (χ3n) is 5.89. The Hall–Kier alpha value is -3.43. The van der Waals surface area contributed by atoms with Crippen LogP contribution in [0.3, 0.4) is 0 Å². The van der Waals surface area contributed by atoms with E-state index in [1.54, 1.807) is 31.3 Å². The van der Waals surface area contributed by atoms with E-state index in [1.165, 1.54) is 22.0 Å². The first-order chi connectivity index (χ1) is 15.8. The van der Waals surface area contributed by atoms with E-state index in [2.05, 4.69) is 15.1 Å². The standard InChI is InChI=1S/C23H22F3N5O2/c1-30(16-12-27-22(28-13-16)33-17-9-10-17)21(32)14-5-4-6-15(11-14)31-19-8-3-2-7-18(19)20(29-31)23(24,25)26/h4-6,11-13,17H,2-3,7-10H2,1H3. The number of halogens is 3. The number of alkyl halides is 3. The Labute approximate surface area is 188 Å². The highest BCUT2D eigenvalue weighted by Gasteiger charge is 2.39. The molecule has 0 atom stereocenters. The van der Waals surface area contributed by atoms with Crippen LogP contribution in [0.25, 0.3) is 5.69 Å². The summed E-state index contributed by atoms with van der Waals surface area (Å²) in [6.45, 7) is 0. The van der Waals surface area contributed by atoms with Gasteiger partial charge < -0.3 is 9.64 Å². The molecule has 0 N–H and O–H groups in total. The van der Waals surface area contributed by atoms with Crippen molar-refractivity contribution in [1.29, 1.82) is 0 Å². The number of fused-ring (bicyclic) bond motifs is 1. The summed E-state index contributed by atoms with van der Waals surface area (Å²) >= 11 is 0. The zero-order valence-corrected chi connectivity index (χ0v) is 18.0. The van der Waals surface area contributed by atoms with E-state index in [9.17, 15) is 18.0 Å². The third kappa shape index (κ3) is 4.29. The Kier molecular flexibility index (Phi) is 5.30. The summed E-state index contributed by atoms with van der Waals surface area (Å²) in [5.74, 6) is -0.339. The van der Waals surface area contributed by atoms with Crippen molar-refractivity contribution in [3.63, 3.8) is 0 Å².